The molecule has 3 amide bonds. The van der Waals surface area contributed by atoms with Crippen LogP contribution < -0.4 is 25.4 Å². The molecule has 0 fully saturated rings. The topological polar surface area (TPSA) is 106 Å². The molecule has 0 radical (unpaired) electrons. The van der Waals surface area contributed by atoms with E-state index in [1.165, 1.54) is 18.9 Å². The molecule has 0 heterocycles. The predicted molar refractivity (Wildman–Crippen MR) is 196 cm³/mol. The first kappa shape index (κ1) is 34.5. The smallest absolute Gasteiger partial charge is 0.272 e. The third kappa shape index (κ3) is 9.39. The zero-order valence-corrected chi connectivity index (χ0v) is 28.5. The van der Waals surface area contributed by atoms with Crippen molar-refractivity contribution in [1.82, 2.24) is 5.32 Å². The number of carbonyl (C=O) groups is 3. The zero-order valence-electron chi connectivity index (χ0n) is 27.7. The van der Waals surface area contributed by atoms with Gasteiger partial charge in [-0.1, -0.05) is 60.7 Å². The van der Waals surface area contributed by atoms with E-state index in [0.717, 1.165) is 27.3 Å². The van der Waals surface area contributed by atoms with Crippen LogP contribution in [0.3, 0.4) is 0 Å². The Morgan fingerprint density at radius 2 is 1.31 bits per heavy atom. The van der Waals surface area contributed by atoms with Gasteiger partial charge in [0.2, 0.25) is 5.91 Å². The normalized spacial score (nSPS) is 11.6. The molecule has 1 atom stereocenters. The van der Waals surface area contributed by atoms with Crippen LogP contribution in [-0.2, 0) is 9.59 Å². The fraction of sp³-hybridized carbons (Fsp3) is 0.125. The molecule has 0 spiro atoms. The monoisotopic (exact) mass is 671 g/mol. The van der Waals surface area contributed by atoms with E-state index < -0.39 is 17.1 Å². The molecule has 1 unspecified atom stereocenters. The standard InChI is InChI=1S/C40H37N3O5S/c1-26-21-27(2)23-32(22-26)42-40(46)37(29-11-7-5-8-12-29)49-33-18-16-31(17-19-33)41-39(45)34(43-38(44)30-13-9-6-10-14-30)24-28-15-20-35(47-3)36(25-28)48-4/h5-25,37H,1-4H3,(H,41,45)(H,42,46)(H,43,44)/b34-24-. The molecule has 0 aliphatic heterocycles. The van der Waals surface area contributed by atoms with Gasteiger partial charge in [-0.2, -0.15) is 0 Å². The number of rotatable bonds is 12. The SMILES string of the molecule is COc1ccc(/C=C(\NC(=O)c2ccccc2)C(=O)Nc2ccc(SC(C(=O)Nc3cc(C)cc(C)c3)c3ccccc3)cc2)cc1OC. The van der Waals surface area contributed by atoms with Crippen LogP contribution >= 0.6 is 11.8 Å². The molecule has 0 saturated heterocycles. The molecule has 0 aliphatic rings. The van der Waals surface area contributed by atoms with Crippen LogP contribution in [0.25, 0.3) is 6.08 Å². The Hall–Kier alpha value is -5.80. The highest BCUT2D eigenvalue weighted by molar-refractivity contribution is 8.00. The van der Waals surface area contributed by atoms with Gasteiger partial charge in [0.1, 0.15) is 10.9 Å². The van der Waals surface area contributed by atoms with Gasteiger partial charge < -0.3 is 25.4 Å². The van der Waals surface area contributed by atoms with E-state index >= 15 is 0 Å². The number of aryl methyl sites for hydroxylation is 2. The summed E-state index contributed by atoms with van der Waals surface area (Å²) in [6.45, 7) is 4.00. The Balaban J connectivity index is 1.35. The fourth-order valence-corrected chi connectivity index (χ4v) is 6.18. The highest BCUT2D eigenvalue weighted by Crippen LogP contribution is 2.37. The summed E-state index contributed by atoms with van der Waals surface area (Å²) in [7, 11) is 3.07. The third-order valence-corrected chi connectivity index (χ3v) is 8.71. The van der Waals surface area contributed by atoms with Crippen LogP contribution in [0, 0.1) is 13.8 Å². The van der Waals surface area contributed by atoms with Gasteiger partial charge in [0.05, 0.1) is 14.2 Å². The first-order chi connectivity index (χ1) is 23.7. The van der Waals surface area contributed by atoms with Crippen molar-refractivity contribution in [2.45, 2.75) is 24.0 Å². The van der Waals surface area contributed by atoms with E-state index in [2.05, 4.69) is 22.0 Å². The Bertz CT molecular complexity index is 1940. The van der Waals surface area contributed by atoms with Crippen molar-refractivity contribution >= 4 is 46.9 Å². The van der Waals surface area contributed by atoms with Gasteiger partial charge in [-0.3, -0.25) is 14.4 Å². The lowest BCUT2D eigenvalue weighted by Gasteiger charge is -2.18. The van der Waals surface area contributed by atoms with Gasteiger partial charge in [-0.25, -0.2) is 0 Å². The van der Waals surface area contributed by atoms with Crippen molar-refractivity contribution in [2.24, 2.45) is 0 Å². The number of anilines is 2. The summed E-state index contributed by atoms with van der Waals surface area (Å²) in [5.41, 5.74) is 5.32. The highest BCUT2D eigenvalue weighted by atomic mass is 32.2. The minimum atomic E-state index is -0.522. The number of carbonyl (C=O) groups excluding carboxylic acids is 3. The second-order valence-corrected chi connectivity index (χ2v) is 12.4. The summed E-state index contributed by atoms with van der Waals surface area (Å²) in [6, 6.07) is 36.6. The molecule has 3 N–H and O–H groups in total. The molecule has 248 valence electrons. The average Bonchev–Trinajstić information content (AvgIpc) is 3.11. The largest absolute Gasteiger partial charge is 0.493 e. The summed E-state index contributed by atoms with van der Waals surface area (Å²) in [5, 5.41) is 8.19. The lowest BCUT2D eigenvalue weighted by Crippen LogP contribution is -2.30. The quantitative estimate of drug-likeness (QED) is 0.0913. The number of amides is 3. The molecular formula is C40H37N3O5S. The molecule has 5 aromatic carbocycles. The number of ether oxygens (including phenoxy) is 2. The van der Waals surface area contributed by atoms with Crippen molar-refractivity contribution < 1.29 is 23.9 Å². The van der Waals surface area contributed by atoms with E-state index in [4.69, 9.17) is 9.47 Å². The summed E-state index contributed by atoms with van der Waals surface area (Å²) < 4.78 is 10.7. The average molecular weight is 672 g/mol. The van der Waals surface area contributed by atoms with Crippen LogP contribution in [0.1, 0.15) is 37.9 Å². The predicted octanol–water partition coefficient (Wildman–Crippen LogP) is 8.20. The van der Waals surface area contributed by atoms with Crippen molar-refractivity contribution in [2.75, 3.05) is 24.9 Å². The number of benzene rings is 5. The first-order valence-electron chi connectivity index (χ1n) is 15.5. The Labute approximate surface area is 290 Å². The molecule has 0 aromatic heterocycles. The van der Waals surface area contributed by atoms with Crippen LogP contribution in [0.15, 0.2) is 132 Å². The van der Waals surface area contributed by atoms with Gasteiger partial charge in [0.15, 0.2) is 11.5 Å². The van der Waals surface area contributed by atoms with Gasteiger partial charge in [0, 0.05) is 21.8 Å². The third-order valence-electron chi connectivity index (χ3n) is 7.44. The maximum atomic E-state index is 13.6. The number of methoxy groups -OCH3 is 2. The molecule has 0 bridgehead atoms. The molecule has 5 aromatic rings. The maximum Gasteiger partial charge on any atom is 0.272 e. The van der Waals surface area contributed by atoms with E-state index in [9.17, 15) is 14.4 Å². The summed E-state index contributed by atoms with van der Waals surface area (Å²) >= 11 is 1.41. The molecule has 8 nitrogen and oxygen atoms in total. The maximum absolute atomic E-state index is 13.6. The van der Waals surface area contributed by atoms with E-state index in [1.54, 1.807) is 67.8 Å². The second kappa shape index (κ2) is 16.3. The zero-order chi connectivity index (χ0) is 34.8. The van der Waals surface area contributed by atoms with Crippen molar-refractivity contribution in [3.8, 4) is 11.5 Å². The number of hydrogen-bond acceptors (Lipinski definition) is 6. The van der Waals surface area contributed by atoms with Gasteiger partial charge >= 0.3 is 0 Å². The Kier molecular flexibility index (Phi) is 11.5. The number of thioether (sulfide) groups is 1. The van der Waals surface area contributed by atoms with Crippen LogP contribution in [0.2, 0.25) is 0 Å². The van der Waals surface area contributed by atoms with Crippen LogP contribution in [0.5, 0.6) is 11.5 Å². The van der Waals surface area contributed by atoms with Gasteiger partial charge in [-0.15, -0.1) is 11.8 Å². The van der Waals surface area contributed by atoms with Crippen LogP contribution in [0.4, 0.5) is 11.4 Å². The molecule has 9 heteroatoms. The van der Waals surface area contributed by atoms with E-state index in [0.29, 0.717) is 28.3 Å². The minimum absolute atomic E-state index is 0.0340. The molecular weight excluding hydrogens is 635 g/mol. The van der Waals surface area contributed by atoms with E-state index in [1.807, 2.05) is 74.5 Å². The highest BCUT2D eigenvalue weighted by Gasteiger charge is 2.23. The first-order valence-corrected chi connectivity index (χ1v) is 16.4. The number of nitrogens with one attached hydrogen (secondary N) is 3. The van der Waals surface area contributed by atoms with Crippen LogP contribution in [-0.4, -0.2) is 31.9 Å². The van der Waals surface area contributed by atoms with Crippen molar-refractivity contribution in [1.29, 1.82) is 0 Å². The van der Waals surface area contributed by atoms with Gasteiger partial charge in [-0.05, 0) is 103 Å². The molecule has 49 heavy (non-hydrogen) atoms. The molecule has 0 aliphatic carbocycles. The number of hydrogen-bond donors (Lipinski definition) is 3. The summed E-state index contributed by atoms with van der Waals surface area (Å²) in [5.74, 6) is -0.0726. The lowest BCUT2D eigenvalue weighted by molar-refractivity contribution is -0.116. The van der Waals surface area contributed by atoms with Crippen molar-refractivity contribution in [3.05, 3.63) is 155 Å². The van der Waals surface area contributed by atoms with E-state index in [-0.39, 0.29) is 11.6 Å². The summed E-state index contributed by atoms with van der Waals surface area (Å²) in [4.78, 5) is 41.1. The Morgan fingerprint density at radius 1 is 0.673 bits per heavy atom. The minimum Gasteiger partial charge on any atom is -0.493 e. The summed E-state index contributed by atoms with van der Waals surface area (Å²) in [6.07, 6.45) is 1.57. The second-order valence-electron chi connectivity index (χ2n) is 11.2. The Morgan fingerprint density at radius 3 is 1.94 bits per heavy atom. The molecule has 5 rings (SSSR count). The lowest BCUT2D eigenvalue weighted by atomic mass is 10.1. The molecule has 0 saturated carbocycles. The van der Waals surface area contributed by atoms with Gasteiger partial charge in [0.25, 0.3) is 11.8 Å². The van der Waals surface area contributed by atoms with Crippen molar-refractivity contribution in [3.63, 3.8) is 0 Å². The fourth-order valence-electron chi connectivity index (χ4n) is 5.16.